The molecule has 0 bridgehead atoms. The van der Waals surface area contributed by atoms with Crippen molar-refractivity contribution >= 4 is 34.6 Å². The van der Waals surface area contributed by atoms with Gasteiger partial charge in [0.15, 0.2) is 5.17 Å². The minimum Gasteiger partial charge on any atom is -0.489 e. The van der Waals surface area contributed by atoms with Crippen LogP contribution in [0.25, 0.3) is 6.08 Å². The molecule has 0 aliphatic carbocycles. The molecule has 6 heteroatoms. The fourth-order valence-corrected chi connectivity index (χ4v) is 3.73. The summed E-state index contributed by atoms with van der Waals surface area (Å²) in [6.45, 7) is 0.486. The Balaban J connectivity index is 1.45. The molecule has 144 valence electrons. The van der Waals surface area contributed by atoms with E-state index in [2.05, 4.69) is 0 Å². The van der Waals surface area contributed by atoms with Crippen molar-refractivity contribution in [3.63, 3.8) is 0 Å². The maximum atomic E-state index is 13.1. The number of nitrogens with zero attached hydrogens (tertiary/aromatic N) is 1. The van der Waals surface area contributed by atoms with Crippen molar-refractivity contribution in [1.29, 1.82) is 5.41 Å². The predicted molar refractivity (Wildman–Crippen MR) is 114 cm³/mol. The molecule has 0 saturated carbocycles. The van der Waals surface area contributed by atoms with Crippen LogP contribution < -0.4 is 9.64 Å². The van der Waals surface area contributed by atoms with Gasteiger partial charge >= 0.3 is 0 Å². The normalized spacial score (nSPS) is 15.2. The minimum atomic E-state index is -0.384. The Morgan fingerprint density at radius 2 is 1.66 bits per heavy atom. The Hall–Kier alpha value is -3.38. The van der Waals surface area contributed by atoms with Crippen molar-refractivity contribution in [2.45, 2.75) is 6.61 Å². The zero-order chi connectivity index (χ0) is 20.2. The summed E-state index contributed by atoms with van der Waals surface area (Å²) in [6, 6.07) is 22.9. The molecule has 1 aliphatic rings. The number of amides is 1. The van der Waals surface area contributed by atoms with Crippen LogP contribution >= 0.6 is 11.8 Å². The van der Waals surface area contributed by atoms with Gasteiger partial charge in [-0.15, -0.1) is 0 Å². The number of nitrogens with one attached hydrogen (secondary N) is 1. The molecule has 1 fully saturated rings. The van der Waals surface area contributed by atoms with E-state index in [0.717, 1.165) is 28.6 Å². The molecule has 0 spiro atoms. The highest BCUT2D eigenvalue weighted by molar-refractivity contribution is 8.19. The van der Waals surface area contributed by atoms with Crippen LogP contribution in [0.3, 0.4) is 0 Å². The highest BCUT2D eigenvalue weighted by Gasteiger charge is 2.33. The first-order valence-electron chi connectivity index (χ1n) is 8.95. The lowest BCUT2D eigenvalue weighted by molar-refractivity contribution is -0.113. The second-order valence-electron chi connectivity index (χ2n) is 6.38. The SMILES string of the molecule is N=C1S/C(=C\c2ccc(OCc3ccccc3)cc2)C(=O)N1c1ccc(F)cc1. The minimum absolute atomic E-state index is 0.0932. The standard InChI is InChI=1S/C23H17FN2O2S/c24-18-8-10-19(11-9-18)26-22(27)21(29-23(26)25)14-16-6-12-20(13-7-16)28-15-17-4-2-1-3-5-17/h1-14,25H,15H2/b21-14-,25-23?. The van der Waals surface area contributed by atoms with Gasteiger partial charge in [-0.2, -0.15) is 0 Å². The van der Waals surface area contributed by atoms with Gasteiger partial charge in [-0.25, -0.2) is 4.39 Å². The fourth-order valence-electron chi connectivity index (χ4n) is 2.86. The summed E-state index contributed by atoms with van der Waals surface area (Å²) in [7, 11) is 0. The van der Waals surface area contributed by atoms with Crippen molar-refractivity contribution in [3.05, 3.63) is 101 Å². The van der Waals surface area contributed by atoms with Crippen molar-refractivity contribution in [3.8, 4) is 5.75 Å². The van der Waals surface area contributed by atoms with Gasteiger partial charge in [0.25, 0.3) is 5.91 Å². The van der Waals surface area contributed by atoms with E-state index in [1.54, 1.807) is 6.08 Å². The van der Waals surface area contributed by atoms with Crippen molar-refractivity contribution in [2.75, 3.05) is 4.90 Å². The van der Waals surface area contributed by atoms with Gasteiger partial charge in [-0.05, 0) is 65.4 Å². The monoisotopic (exact) mass is 404 g/mol. The van der Waals surface area contributed by atoms with E-state index < -0.39 is 0 Å². The maximum Gasteiger partial charge on any atom is 0.271 e. The third-order valence-corrected chi connectivity index (χ3v) is 5.22. The van der Waals surface area contributed by atoms with E-state index in [0.29, 0.717) is 17.2 Å². The smallest absolute Gasteiger partial charge is 0.271 e. The highest BCUT2D eigenvalue weighted by Crippen LogP contribution is 2.35. The molecular weight excluding hydrogens is 387 g/mol. The average Bonchev–Trinajstić information content (AvgIpc) is 3.02. The second kappa shape index (κ2) is 8.32. The molecule has 0 aromatic heterocycles. The van der Waals surface area contributed by atoms with E-state index in [-0.39, 0.29) is 16.9 Å². The summed E-state index contributed by atoms with van der Waals surface area (Å²) in [6.07, 6.45) is 1.74. The summed E-state index contributed by atoms with van der Waals surface area (Å²) < 4.78 is 18.9. The van der Waals surface area contributed by atoms with Crippen LogP contribution in [-0.4, -0.2) is 11.1 Å². The molecule has 1 saturated heterocycles. The van der Waals surface area contributed by atoms with Crippen LogP contribution in [0.2, 0.25) is 0 Å². The lowest BCUT2D eigenvalue weighted by Crippen LogP contribution is -2.28. The molecule has 0 radical (unpaired) electrons. The second-order valence-corrected chi connectivity index (χ2v) is 7.41. The number of hydrogen-bond acceptors (Lipinski definition) is 4. The molecule has 1 heterocycles. The van der Waals surface area contributed by atoms with Crippen LogP contribution in [0, 0.1) is 11.2 Å². The average molecular weight is 404 g/mol. The molecule has 3 aromatic rings. The van der Waals surface area contributed by atoms with Crippen LogP contribution in [-0.2, 0) is 11.4 Å². The Morgan fingerprint density at radius 3 is 2.34 bits per heavy atom. The van der Waals surface area contributed by atoms with Crippen LogP contribution in [0.5, 0.6) is 5.75 Å². The third kappa shape index (κ3) is 4.38. The third-order valence-electron chi connectivity index (χ3n) is 4.33. The molecule has 4 nitrogen and oxygen atoms in total. The zero-order valence-electron chi connectivity index (χ0n) is 15.3. The number of hydrogen-bond donors (Lipinski definition) is 1. The molecule has 1 aliphatic heterocycles. The van der Waals surface area contributed by atoms with Gasteiger partial charge in [-0.3, -0.25) is 15.1 Å². The van der Waals surface area contributed by atoms with Crippen molar-refractivity contribution < 1.29 is 13.9 Å². The van der Waals surface area contributed by atoms with Crippen LogP contribution in [0.4, 0.5) is 10.1 Å². The lowest BCUT2D eigenvalue weighted by atomic mass is 10.2. The number of carbonyl (C=O) groups excluding carboxylic acids is 1. The topological polar surface area (TPSA) is 53.4 Å². The van der Waals surface area contributed by atoms with E-state index >= 15 is 0 Å². The summed E-state index contributed by atoms with van der Waals surface area (Å²) in [5.41, 5.74) is 2.40. The Kier molecular flexibility index (Phi) is 5.44. The Morgan fingerprint density at radius 1 is 0.966 bits per heavy atom. The van der Waals surface area contributed by atoms with Gasteiger partial charge < -0.3 is 4.74 Å². The number of anilines is 1. The molecule has 3 aromatic carbocycles. The van der Waals surface area contributed by atoms with Crippen molar-refractivity contribution in [1.82, 2.24) is 0 Å². The van der Waals surface area contributed by atoms with E-state index in [1.807, 2.05) is 54.6 Å². The predicted octanol–water partition coefficient (Wildman–Crippen LogP) is 5.46. The Bertz CT molecular complexity index is 1060. The number of thioether (sulfide) groups is 1. The number of carbonyl (C=O) groups is 1. The fraction of sp³-hybridized carbons (Fsp3) is 0.0435. The number of ether oxygens (including phenoxy) is 1. The first-order valence-corrected chi connectivity index (χ1v) is 9.77. The van der Waals surface area contributed by atoms with Crippen LogP contribution in [0.1, 0.15) is 11.1 Å². The Labute approximate surface area is 172 Å². The molecule has 1 amide bonds. The first kappa shape index (κ1) is 19.0. The largest absolute Gasteiger partial charge is 0.489 e. The number of amidine groups is 1. The highest BCUT2D eigenvalue weighted by atomic mass is 32.2. The maximum absolute atomic E-state index is 13.1. The molecule has 4 rings (SSSR count). The van der Waals surface area contributed by atoms with Crippen molar-refractivity contribution in [2.24, 2.45) is 0 Å². The number of halogens is 1. The molecule has 29 heavy (non-hydrogen) atoms. The quantitative estimate of drug-likeness (QED) is 0.575. The van der Waals surface area contributed by atoms with E-state index in [1.165, 1.54) is 29.2 Å². The molecule has 0 atom stereocenters. The first-order chi connectivity index (χ1) is 14.1. The van der Waals surface area contributed by atoms with Gasteiger partial charge in [0, 0.05) is 0 Å². The van der Waals surface area contributed by atoms with Crippen LogP contribution in [0.15, 0.2) is 83.8 Å². The molecule has 1 N–H and O–H groups in total. The zero-order valence-corrected chi connectivity index (χ0v) is 16.2. The summed E-state index contributed by atoms with van der Waals surface area (Å²) >= 11 is 1.08. The van der Waals surface area contributed by atoms with Gasteiger partial charge in [-0.1, -0.05) is 42.5 Å². The summed E-state index contributed by atoms with van der Waals surface area (Å²) in [5, 5.41) is 8.20. The summed E-state index contributed by atoms with van der Waals surface area (Å²) in [4.78, 5) is 14.4. The number of benzene rings is 3. The van der Waals surface area contributed by atoms with E-state index in [4.69, 9.17) is 10.1 Å². The summed E-state index contributed by atoms with van der Waals surface area (Å²) in [5.74, 6) is 0.0583. The van der Waals surface area contributed by atoms with E-state index in [9.17, 15) is 9.18 Å². The number of rotatable bonds is 5. The molecule has 0 unspecified atom stereocenters. The van der Waals surface area contributed by atoms with Gasteiger partial charge in [0.1, 0.15) is 18.2 Å². The molecular formula is C23H17FN2O2S. The van der Waals surface area contributed by atoms with Gasteiger partial charge in [0.05, 0.1) is 10.6 Å². The lowest BCUT2D eigenvalue weighted by Gasteiger charge is -2.13. The van der Waals surface area contributed by atoms with Gasteiger partial charge in [0.2, 0.25) is 0 Å².